The van der Waals surface area contributed by atoms with Crippen LogP contribution in [0.3, 0.4) is 0 Å². The van der Waals surface area contributed by atoms with E-state index >= 15 is 0 Å². The molecule has 0 amide bonds. The minimum atomic E-state index is 0.549. The molecule has 3 aromatic rings. The molecular formula is C22H27N5O. The number of nitrogens with zero attached hydrogens (tertiary/aromatic N) is 3. The number of aromatic nitrogens is 2. The maximum Gasteiger partial charge on any atom is 0.213 e. The number of aliphatic imine (C=N–C) groups is 1. The fourth-order valence-corrected chi connectivity index (χ4v) is 2.80. The Labute approximate surface area is 166 Å². The number of benzene rings is 1. The van der Waals surface area contributed by atoms with E-state index in [4.69, 9.17) is 4.74 Å². The van der Waals surface area contributed by atoms with Crippen LogP contribution in [0.4, 0.5) is 0 Å². The van der Waals surface area contributed by atoms with Crippen LogP contribution in [0.5, 0.6) is 5.88 Å². The molecule has 0 aliphatic rings. The first-order chi connectivity index (χ1) is 13.8. The summed E-state index contributed by atoms with van der Waals surface area (Å²) in [5.41, 5.74) is 3.23. The molecule has 2 N–H and O–H groups in total. The number of para-hydroxylation sites is 1. The normalized spacial score (nSPS) is 11.4. The van der Waals surface area contributed by atoms with Gasteiger partial charge < -0.3 is 15.4 Å². The Morgan fingerprint density at radius 3 is 2.71 bits per heavy atom. The summed E-state index contributed by atoms with van der Waals surface area (Å²) >= 11 is 0. The number of nitrogens with one attached hydrogen (secondary N) is 2. The molecule has 6 heteroatoms. The van der Waals surface area contributed by atoms with Gasteiger partial charge in [0.1, 0.15) is 0 Å². The van der Waals surface area contributed by atoms with E-state index in [1.54, 1.807) is 0 Å². The van der Waals surface area contributed by atoms with Gasteiger partial charge in [-0.1, -0.05) is 31.2 Å². The fraction of sp³-hybridized carbons (Fsp3) is 0.318. The molecule has 0 spiro atoms. The molecule has 0 unspecified atom stereocenters. The van der Waals surface area contributed by atoms with Crippen LogP contribution >= 0.6 is 0 Å². The molecule has 0 aliphatic heterocycles. The van der Waals surface area contributed by atoms with Gasteiger partial charge in [-0.25, -0.2) is 9.98 Å². The highest BCUT2D eigenvalue weighted by Gasteiger charge is 2.03. The lowest BCUT2D eigenvalue weighted by molar-refractivity contribution is 0.305. The van der Waals surface area contributed by atoms with Crippen molar-refractivity contribution in [1.29, 1.82) is 0 Å². The van der Waals surface area contributed by atoms with Gasteiger partial charge in [-0.2, -0.15) is 0 Å². The van der Waals surface area contributed by atoms with Crippen molar-refractivity contribution in [2.24, 2.45) is 4.99 Å². The second-order valence-corrected chi connectivity index (χ2v) is 6.39. The number of ether oxygens (including phenoxy) is 1. The number of pyridine rings is 2. The highest BCUT2D eigenvalue weighted by atomic mass is 16.5. The van der Waals surface area contributed by atoms with E-state index in [1.807, 2.05) is 48.8 Å². The second-order valence-electron chi connectivity index (χ2n) is 6.39. The smallest absolute Gasteiger partial charge is 0.213 e. The third-order valence-electron chi connectivity index (χ3n) is 4.20. The van der Waals surface area contributed by atoms with Gasteiger partial charge in [0.05, 0.1) is 18.7 Å². The molecule has 0 atom stereocenters. The largest absolute Gasteiger partial charge is 0.478 e. The first-order valence-corrected chi connectivity index (χ1v) is 9.72. The van der Waals surface area contributed by atoms with Crippen LogP contribution in [0.15, 0.2) is 59.9 Å². The van der Waals surface area contributed by atoms with E-state index in [0.717, 1.165) is 35.4 Å². The number of hydrogen-bond donors (Lipinski definition) is 2. The predicted molar refractivity (Wildman–Crippen MR) is 113 cm³/mol. The van der Waals surface area contributed by atoms with Crippen molar-refractivity contribution in [3.63, 3.8) is 0 Å². The molecule has 0 aliphatic carbocycles. The van der Waals surface area contributed by atoms with Crippen LogP contribution in [-0.4, -0.2) is 29.1 Å². The van der Waals surface area contributed by atoms with Gasteiger partial charge in [0.25, 0.3) is 0 Å². The summed E-state index contributed by atoms with van der Waals surface area (Å²) in [6.07, 6.45) is 4.63. The lowest BCUT2D eigenvalue weighted by Crippen LogP contribution is -2.36. The van der Waals surface area contributed by atoms with Crippen molar-refractivity contribution in [2.45, 2.75) is 33.4 Å². The predicted octanol–water partition coefficient (Wildman–Crippen LogP) is 3.67. The Kier molecular flexibility index (Phi) is 7.18. The van der Waals surface area contributed by atoms with Crippen LogP contribution < -0.4 is 15.4 Å². The minimum Gasteiger partial charge on any atom is -0.478 e. The first kappa shape index (κ1) is 19.6. The highest BCUT2D eigenvalue weighted by Crippen LogP contribution is 2.15. The molecule has 0 fully saturated rings. The molecule has 146 valence electrons. The summed E-state index contributed by atoms with van der Waals surface area (Å²) in [5, 5.41) is 7.85. The van der Waals surface area contributed by atoms with Gasteiger partial charge in [-0.3, -0.25) is 4.98 Å². The second kappa shape index (κ2) is 10.3. The average molecular weight is 377 g/mol. The molecule has 2 aromatic heterocycles. The molecule has 0 saturated carbocycles. The zero-order valence-electron chi connectivity index (χ0n) is 16.5. The highest BCUT2D eigenvalue weighted by molar-refractivity contribution is 5.83. The monoisotopic (exact) mass is 377 g/mol. The van der Waals surface area contributed by atoms with E-state index in [0.29, 0.717) is 25.6 Å². The van der Waals surface area contributed by atoms with Gasteiger partial charge in [-0.15, -0.1) is 0 Å². The zero-order chi connectivity index (χ0) is 19.6. The van der Waals surface area contributed by atoms with Crippen molar-refractivity contribution >= 4 is 16.9 Å². The van der Waals surface area contributed by atoms with Crippen LogP contribution in [0.1, 0.15) is 31.4 Å². The molecule has 0 bridgehead atoms. The number of rotatable bonds is 8. The summed E-state index contributed by atoms with van der Waals surface area (Å²) in [4.78, 5) is 13.4. The Bertz CT molecular complexity index is 903. The van der Waals surface area contributed by atoms with E-state index in [2.05, 4.69) is 45.5 Å². The van der Waals surface area contributed by atoms with E-state index in [9.17, 15) is 0 Å². The standard InChI is InChI=1S/C22H27N5O/c1-3-13-28-21-10-9-17(14-25-21)15-26-22(23-4-2)27-16-18-11-12-24-20-8-6-5-7-19(18)20/h5-12,14H,3-4,13,15-16H2,1-2H3,(H2,23,26,27). The lowest BCUT2D eigenvalue weighted by Gasteiger charge is -2.12. The van der Waals surface area contributed by atoms with E-state index in [-0.39, 0.29) is 0 Å². The van der Waals surface area contributed by atoms with Crippen molar-refractivity contribution in [2.75, 3.05) is 13.2 Å². The molecule has 0 radical (unpaired) electrons. The van der Waals surface area contributed by atoms with Gasteiger partial charge in [-0.05, 0) is 36.6 Å². The SMILES string of the molecule is CCCOc1ccc(CN=C(NCC)NCc2ccnc3ccccc23)cn1. The molecule has 1 aromatic carbocycles. The van der Waals surface area contributed by atoms with Gasteiger partial charge in [0.15, 0.2) is 5.96 Å². The average Bonchev–Trinajstić information content (AvgIpc) is 2.75. The van der Waals surface area contributed by atoms with Crippen LogP contribution in [0.2, 0.25) is 0 Å². The van der Waals surface area contributed by atoms with Crippen LogP contribution in [0, 0.1) is 0 Å². The Balaban J connectivity index is 1.64. The van der Waals surface area contributed by atoms with Gasteiger partial charge in [0, 0.05) is 36.9 Å². The van der Waals surface area contributed by atoms with Crippen LogP contribution in [-0.2, 0) is 13.1 Å². The lowest BCUT2D eigenvalue weighted by atomic mass is 10.1. The molecule has 28 heavy (non-hydrogen) atoms. The summed E-state index contributed by atoms with van der Waals surface area (Å²) in [6.45, 7) is 6.84. The molecule has 3 rings (SSSR count). The third-order valence-corrected chi connectivity index (χ3v) is 4.20. The number of guanidine groups is 1. The number of hydrogen-bond acceptors (Lipinski definition) is 4. The topological polar surface area (TPSA) is 71.4 Å². The Morgan fingerprint density at radius 2 is 1.93 bits per heavy atom. The van der Waals surface area contributed by atoms with Crippen molar-refractivity contribution in [3.8, 4) is 5.88 Å². The van der Waals surface area contributed by atoms with Gasteiger partial charge >= 0.3 is 0 Å². The molecular weight excluding hydrogens is 350 g/mol. The summed E-state index contributed by atoms with van der Waals surface area (Å²) in [5.74, 6) is 1.43. The fourth-order valence-electron chi connectivity index (χ4n) is 2.80. The minimum absolute atomic E-state index is 0.549. The number of fused-ring (bicyclic) bond motifs is 1. The maximum absolute atomic E-state index is 5.52. The Morgan fingerprint density at radius 1 is 1.04 bits per heavy atom. The van der Waals surface area contributed by atoms with Gasteiger partial charge in [0.2, 0.25) is 5.88 Å². The van der Waals surface area contributed by atoms with E-state index < -0.39 is 0 Å². The Hall–Kier alpha value is -3.15. The quantitative estimate of drug-likeness (QED) is 0.463. The third kappa shape index (κ3) is 5.42. The summed E-state index contributed by atoms with van der Waals surface area (Å²) < 4.78 is 5.52. The zero-order valence-corrected chi connectivity index (χ0v) is 16.5. The summed E-state index contributed by atoms with van der Waals surface area (Å²) in [6, 6.07) is 14.1. The molecule has 0 saturated heterocycles. The maximum atomic E-state index is 5.52. The molecule has 6 nitrogen and oxygen atoms in total. The first-order valence-electron chi connectivity index (χ1n) is 9.72. The van der Waals surface area contributed by atoms with Crippen molar-refractivity contribution in [1.82, 2.24) is 20.6 Å². The molecule has 2 heterocycles. The van der Waals surface area contributed by atoms with Crippen LogP contribution in [0.25, 0.3) is 10.9 Å². The van der Waals surface area contributed by atoms with E-state index in [1.165, 1.54) is 5.56 Å². The van der Waals surface area contributed by atoms with Crippen molar-refractivity contribution < 1.29 is 4.74 Å². The van der Waals surface area contributed by atoms with Crippen molar-refractivity contribution in [3.05, 3.63) is 66.0 Å². The summed E-state index contributed by atoms with van der Waals surface area (Å²) in [7, 11) is 0.